The van der Waals surface area contributed by atoms with Gasteiger partial charge in [0.05, 0.1) is 6.42 Å². The van der Waals surface area contributed by atoms with Gasteiger partial charge in [-0.15, -0.1) is 11.3 Å². The minimum atomic E-state index is -0.419. The Hall–Kier alpha value is -1.40. The molecule has 0 aliphatic carbocycles. The summed E-state index contributed by atoms with van der Waals surface area (Å²) in [6, 6.07) is 3.77. The summed E-state index contributed by atoms with van der Waals surface area (Å²) in [7, 11) is 0. The van der Waals surface area contributed by atoms with Crippen molar-refractivity contribution in [2.45, 2.75) is 25.4 Å². The van der Waals surface area contributed by atoms with E-state index in [0.29, 0.717) is 13.0 Å². The number of rotatable bonds is 3. The molecule has 2 heterocycles. The molecule has 0 radical (unpaired) electrons. The number of thiophene rings is 1. The normalized spacial score (nSPS) is 18.9. The Morgan fingerprint density at radius 3 is 3.00 bits per heavy atom. The predicted molar refractivity (Wildman–Crippen MR) is 63.3 cm³/mol. The molecule has 2 rings (SSSR count). The standard InChI is InChI=1S/C11H14N2O3S/c14-10(7-8-3-2-6-17-8)12-13-11(15)9-4-1-5-16-9/h2-3,6,9H,1,4-5,7H2,(H,12,14)(H,13,15). The second kappa shape index (κ2) is 5.79. The van der Waals surface area contributed by atoms with Crippen molar-refractivity contribution in [1.82, 2.24) is 10.9 Å². The average molecular weight is 254 g/mol. The van der Waals surface area contributed by atoms with Crippen molar-refractivity contribution < 1.29 is 14.3 Å². The Bertz CT molecular complexity index is 385. The van der Waals surface area contributed by atoms with E-state index in [1.54, 1.807) is 0 Å². The van der Waals surface area contributed by atoms with Gasteiger partial charge in [0.1, 0.15) is 6.10 Å². The lowest BCUT2D eigenvalue weighted by Crippen LogP contribution is -2.46. The van der Waals surface area contributed by atoms with Crippen molar-refractivity contribution in [3.05, 3.63) is 22.4 Å². The van der Waals surface area contributed by atoms with Crippen molar-refractivity contribution in [3.8, 4) is 0 Å². The van der Waals surface area contributed by atoms with Crippen LogP contribution in [0.4, 0.5) is 0 Å². The maximum Gasteiger partial charge on any atom is 0.267 e. The highest BCUT2D eigenvalue weighted by molar-refractivity contribution is 7.10. The first-order valence-corrected chi connectivity index (χ1v) is 6.36. The molecule has 17 heavy (non-hydrogen) atoms. The molecule has 2 N–H and O–H groups in total. The second-order valence-corrected chi connectivity index (χ2v) is 4.83. The molecular weight excluding hydrogens is 240 g/mol. The maximum atomic E-state index is 11.5. The summed E-state index contributed by atoms with van der Waals surface area (Å²) in [5.41, 5.74) is 4.76. The molecule has 1 fully saturated rings. The largest absolute Gasteiger partial charge is 0.368 e. The van der Waals surface area contributed by atoms with Crippen LogP contribution in [-0.4, -0.2) is 24.5 Å². The third-order valence-electron chi connectivity index (χ3n) is 2.46. The first-order valence-electron chi connectivity index (χ1n) is 5.48. The molecule has 1 saturated heterocycles. The molecule has 1 aliphatic heterocycles. The first-order chi connectivity index (χ1) is 8.25. The van der Waals surface area contributed by atoms with Gasteiger partial charge in [0.25, 0.3) is 5.91 Å². The van der Waals surface area contributed by atoms with Gasteiger partial charge in [-0.05, 0) is 24.3 Å². The highest BCUT2D eigenvalue weighted by Gasteiger charge is 2.23. The molecule has 5 nitrogen and oxygen atoms in total. The topological polar surface area (TPSA) is 67.4 Å². The van der Waals surface area contributed by atoms with E-state index in [1.807, 2.05) is 17.5 Å². The number of amides is 2. The Kier molecular flexibility index (Phi) is 4.11. The maximum absolute atomic E-state index is 11.5. The van der Waals surface area contributed by atoms with E-state index >= 15 is 0 Å². The van der Waals surface area contributed by atoms with Crippen molar-refractivity contribution in [2.75, 3.05) is 6.61 Å². The van der Waals surface area contributed by atoms with E-state index in [4.69, 9.17) is 4.74 Å². The fourth-order valence-electron chi connectivity index (χ4n) is 1.61. The van der Waals surface area contributed by atoms with E-state index in [-0.39, 0.29) is 18.2 Å². The van der Waals surface area contributed by atoms with Gasteiger partial charge in [-0.25, -0.2) is 0 Å². The molecule has 2 amide bonds. The van der Waals surface area contributed by atoms with Crippen LogP contribution in [0.2, 0.25) is 0 Å². The lowest BCUT2D eigenvalue weighted by Gasteiger charge is -2.10. The molecule has 1 aliphatic rings. The molecular formula is C11H14N2O3S. The lowest BCUT2D eigenvalue weighted by molar-refractivity contribution is -0.134. The van der Waals surface area contributed by atoms with E-state index < -0.39 is 6.10 Å². The third-order valence-corrected chi connectivity index (χ3v) is 3.34. The SMILES string of the molecule is O=C(Cc1cccs1)NNC(=O)C1CCCO1. The number of ether oxygens (including phenoxy) is 1. The zero-order chi connectivity index (χ0) is 12.1. The molecule has 0 aromatic carbocycles. The molecule has 1 aromatic heterocycles. The average Bonchev–Trinajstić information content (AvgIpc) is 2.97. The molecule has 1 aromatic rings. The number of hydrogen-bond acceptors (Lipinski definition) is 4. The van der Waals surface area contributed by atoms with Crippen LogP contribution in [0.25, 0.3) is 0 Å². The Labute approximate surface area is 103 Å². The Balaban J connectivity index is 1.70. The van der Waals surface area contributed by atoms with Gasteiger partial charge in [0.15, 0.2) is 0 Å². The zero-order valence-electron chi connectivity index (χ0n) is 9.27. The first kappa shape index (κ1) is 12.1. The summed E-state index contributed by atoms with van der Waals surface area (Å²) >= 11 is 1.51. The van der Waals surface area contributed by atoms with Gasteiger partial charge in [-0.3, -0.25) is 20.4 Å². The molecule has 92 valence electrons. The summed E-state index contributed by atoms with van der Waals surface area (Å²) in [4.78, 5) is 23.9. The molecule has 0 saturated carbocycles. The fraction of sp³-hybridized carbons (Fsp3) is 0.455. The molecule has 1 unspecified atom stereocenters. The fourth-order valence-corrected chi connectivity index (χ4v) is 2.32. The van der Waals surface area contributed by atoms with Crippen LogP contribution in [-0.2, 0) is 20.7 Å². The number of nitrogens with one attached hydrogen (secondary N) is 2. The Morgan fingerprint density at radius 2 is 2.35 bits per heavy atom. The third kappa shape index (κ3) is 3.54. The minimum absolute atomic E-state index is 0.223. The van der Waals surface area contributed by atoms with Crippen LogP contribution in [0.15, 0.2) is 17.5 Å². The summed E-state index contributed by atoms with van der Waals surface area (Å²) in [6.07, 6.45) is 1.47. The van der Waals surface area contributed by atoms with Crippen LogP contribution in [0.5, 0.6) is 0 Å². The van der Waals surface area contributed by atoms with E-state index in [0.717, 1.165) is 11.3 Å². The van der Waals surface area contributed by atoms with Crippen molar-refractivity contribution in [2.24, 2.45) is 0 Å². The van der Waals surface area contributed by atoms with Crippen LogP contribution in [0, 0.1) is 0 Å². The van der Waals surface area contributed by atoms with Crippen molar-refractivity contribution in [1.29, 1.82) is 0 Å². The van der Waals surface area contributed by atoms with Crippen LogP contribution in [0.1, 0.15) is 17.7 Å². The second-order valence-electron chi connectivity index (χ2n) is 3.80. The summed E-state index contributed by atoms with van der Waals surface area (Å²) in [5.74, 6) is -0.499. The summed E-state index contributed by atoms with van der Waals surface area (Å²) in [6.45, 7) is 0.612. The predicted octanol–water partition coefficient (Wildman–Crippen LogP) is 0.617. The van der Waals surface area contributed by atoms with Gasteiger partial charge >= 0.3 is 0 Å². The van der Waals surface area contributed by atoms with E-state index in [1.165, 1.54) is 11.3 Å². The van der Waals surface area contributed by atoms with Crippen LogP contribution < -0.4 is 10.9 Å². The van der Waals surface area contributed by atoms with E-state index in [2.05, 4.69) is 10.9 Å². The molecule has 0 bridgehead atoms. The van der Waals surface area contributed by atoms with Gasteiger partial charge in [0.2, 0.25) is 5.91 Å². The number of carbonyl (C=O) groups is 2. The minimum Gasteiger partial charge on any atom is -0.368 e. The molecule has 6 heteroatoms. The van der Waals surface area contributed by atoms with Crippen LogP contribution >= 0.6 is 11.3 Å². The monoisotopic (exact) mass is 254 g/mol. The zero-order valence-corrected chi connectivity index (χ0v) is 10.1. The molecule has 0 spiro atoms. The highest BCUT2D eigenvalue weighted by atomic mass is 32.1. The lowest BCUT2D eigenvalue weighted by atomic mass is 10.2. The van der Waals surface area contributed by atoms with E-state index in [9.17, 15) is 9.59 Å². The Morgan fingerprint density at radius 1 is 1.47 bits per heavy atom. The smallest absolute Gasteiger partial charge is 0.267 e. The number of hydrogen-bond donors (Lipinski definition) is 2. The van der Waals surface area contributed by atoms with Gasteiger partial charge < -0.3 is 4.74 Å². The highest BCUT2D eigenvalue weighted by Crippen LogP contribution is 2.11. The molecule has 1 atom stereocenters. The summed E-state index contributed by atoms with van der Waals surface area (Å²) < 4.78 is 5.19. The quantitative estimate of drug-likeness (QED) is 0.777. The van der Waals surface area contributed by atoms with Crippen LogP contribution in [0.3, 0.4) is 0 Å². The van der Waals surface area contributed by atoms with Crippen molar-refractivity contribution in [3.63, 3.8) is 0 Å². The van der Waals surface area contributed by atoms with Gasteiger partial charge in [0, 0.05) is 11.5 Å². The summed E-state index contributed by atoms with van der Waals surface area (Å²) in [5, 5.41) is 1.91. The number of carbonyl (C=O) groups excluding carboxylic acids is 2. The van der Waals surface area contributed by atoms with Gasteiger partial charge in [-0.1, -0.05) is 6.07 Å². The van der Waals surface area contributed by atoms with Crippen molar-refractivity contribution >= 4 is 23.2 Å². The number of hydrazine groups is 1. The van der Waals surface area contributed by atoms with Gasteiger partial charge in [-0.2, -0.15) is 0 Å².